The summed E-state index contributed by atoms with van der Waals surface area (Å²) in [6, 6.07) is 11.6. The molecule has 9 heteroatoms. The van der Waals surface area contributed by atoms with Crippen LogP contribution in [0.4, 0.5) is 0 Å². The molecule has 1 amide bonds. The maximum absolute atomic E-state index is 13.5. The summed E-state index contributed by atoms with van der Waals surface area (Å²) in [6.07, 6.45) is 4.91. The SMILES string of the molecule is COC(=O)C(NC(=O)c1nn(-c2ccc(Cl)cc2Cl)c(-c2ccc(Cl)cc2)c1C)C1CCCCC1. The van der Waals surface area contributed by atoms with E-state index in [2.05, 4.69) is 10.4 Å². The van der Waals surface area contributed by atoms with Gasteiger partial charge in [-0.25, -0.2) is 9.48 Å². The molecule has 4 rings (SSSR count). The number of carbonyl (C=O) groups excluding carboxylic acids is 2. The molecule has 0 aliphatic heterocycles. The van der Waals surface area contributed by atoms with Gasteiger partial charge in [-0.15, -0.1) is 0 Å². The molecule has 0 saturated heterocycles. The van der Waals surface area contributed by atoms with Crippen molar-refractivity contribution in [3.05, 3.63) is 68.8 Å². The number of nitrogens with zero attached hydrogens (tertiary/aromatic N) is 2. The minimum Gasteiger partial charge on any atom is -0.467 e. The van der Waals surface area contributed by atoms with E-state index in [0.717, 1.165) is 37.7 Å². The van der Waals surface area contributed by atoms with Gasteiger partial charge in [-0.3, -0.25) is 4.79 Å². The van der Waals surface area contributed by atoms with Crippen molar-refractivity contribution in [3.8, 4) is 16.9 Å². The van der Waals surface area contributed by atoms with Crippen LogP contribution in [0.25, 0.3) is 16.9 Å². The first-order chi connectivity index (χ1) is 16.8. The van der Waals surface area contributed by atoms with E-state index in [-0.39, 0.29) is 11.6 Å². The van der Waals surface area contributed by atoms with Crippen LogP contribution in [-0.4, -0.2) is 34.8 Å². The second kappa shape index (κ2) is 11.0. The molecule has 0 spiro atoms. The largest absolute Gasteiger partial charge is 0.467 e. The highest BCUT2D eigenvalue weighted by molar-refractivity contribution is 6.35. The van der Waals surface area contributed by atoms with Crippen molar-refractivity contribution in [3.63, 3.8) is 0 Å². The second-order valence-corrected chi connectivity index (χ2v) is 9.99. The molecule has 1 fully saturated rings. The number of nitrogens with one attached hydrogen (secondary N) is 1. The van der Waals surface area contributed by atoms with Crippen molar-refractivity contribution in [1.82, 2.24) is 15.1 Å². The Balaban J connectivity index is 1.77. The third-order valence-corrected chi connectivity index (χ3v) is 7.25. The lowest BCUT2D eigenvalue weighted by molar-refractivity contribution is -0.144. The molecular weight excluding hydrogens is 509 g/mol. The smallest absolute Gasteiger partial charge is 0.328 e. The number of halogens is 3. The van der Waals surface area contributed by atoms with Crippen molar-refractivity contribution in [2.24, 2.45) is 5.92 Å². The average molecular weight is 535 g/mol. The van der Waals surface area contributed by atoms with Gasteiger partial charge in [0.05, 0.1) is 23.5 Å². The van der Waals surface area contributed by atoms with E-state index in [1.807, 2.05) is 19.1 Å². The minimum absolute atomic E-state index is 0.0315. The molecule has 1 aliphatic carbocycles. The molecule has 0 radical (unpaired) electrons. The van der Waals surface area contributed by atoms with E-state index in [4.69, 9.17) is 39.5 Å². The molecule has 1 heterocycles. The second-order valence-electron chi connectivity index (χ2n) is 8.71. The van der Waals surface area contributed by atoms with E-state index in [1.54, 1.807) is 35.0 Å². The number of methoxy groups -OCH3 is 1. The molecule has 0 bridgehead atoms. The summed E-state index contributed by atoms with van der Waals surface area (Å²) >= 11 is 18.7. The third kappa shape index (κ3) is 5.50. The van der Waals surface area contributed by atoms with Gasteiger partial charge in [0.1, 0.15) is 6.04 Å². The van der Waals surface area contributed by atoms with Crippen molar-refractivity contribution in [1.29, 1.82) is 0 Å². The molecule has 1 aliphatic rings. The van der Waals surface area contributed by atoms with Crippen LogP contribution in [-0.2, 0) is 9.53 Å². The number of esters is 1. The summed E-state index contributed by atoms with van der Waals surface area (Å²) in [6.45, 7) is 1.82. The zero-order valence-corrected chi connectivity index (χ0v) is 21.8. The lowest BCUT2D eigenvalue weighted by atomic mass is 9.83. The zero-order chi connectivity index (χ0) is 25.1. The molecule has 2 aromatic carbocycles. The summed E-state index contributed by atoms with van der Waals surface area (Å²) in [5.41, 5.74) is 2.90. The summed E-state index contributed by atoms with van der Waals surface area (Å²) in [5, 5.41) is 9.02. The number of rotatable bonds is 6. The van der Waals surface area contributed by atoms with Gasteiger partial charge in [0, 0.05) is 21.2 Å². The fourth-order valence-corrected chi connectivity index (χ4v) is 5.27. The fourth-order valence-electron chi connectivity index (χ4n) is 4.66. The van der Waals surface area contributed by atoms with Crippen LogP contribution in [0.5, 0.6) is 0 Å². The Kier molecular flexibility index (Phi) is 8.05. The Bertz CT molecular complexity index is 1230. The van der Waals surface area contributed by atoms with Gasteiger partial charge in [-0.05, 0) is 56.0 Å². The summed E-state index contributed by atoms with van der Waals surface area (Å²) < 4.78 is 6.64. The quantitative estimate of drug-likeness (QED) is 0.359. The van der Waals surface area contributed by atoms with E-state index >= 15 is 0 Å². The highest BCUT2D eigenvalue weighted by atomic mass is 35.5. The van der Waals surface area contributed by atoms with Crippen LogP contribution in [0, 0.1) is 12.8 Å². The highest BCUT2D eigenvalue weighted by Crippen LogP contribution is 2.34. The first-order valence-electron chi connectivity index (χ1n) is 11.5. The number of aromatic nitrogens is 2. The Labute approximate surface area is 219 Å². The normalized spacial score (nSPS) is 15.0. The van der Waals surface area contributed by atoms with E-state index in [0.29, 0.717) is 32.0 Å². The number of carbonyl (C=O) groups is 2. The fraction of sp³-hybridized carbons (Fsp3) is 0.346. The molecule has 1 saturated carbocycles. The lowest BCUT2D eigenvalue weighted by Gasteiger charge is -2.28. The molecule has 184 valence electrons. The lowest BCUT2D eigenvalue weighted by Crippen LogP contribution is -2.47. The molecule has 1 N–H and O–H groups in total. The van der Waals surface area contributed by atoms with Crippen LogP contribution < -0.4 is 5.32 Å². The first kappa shape index (κ1) is 25.5. The number of hydrogen-bond donors (Lipinski definition) is 1. The predicted octanol–water partition coefficient (Wildman–Crippen LogP) is 6.66. The van der Waals surface area contributed by atoms with Crippen LogP contribution >= 0.6 is 34.8 Å². The zero-order valence-electron chi connectivity index (χ0n) is 19.5. The predicted molar refractivity (Wildman–Crippen MR) is 139 cm³/mol. The van der Waals surface area contributed by atoms with Crippen molar-refractivity contribution in [2.75, 3.05) is 7.11 Å². The number of benzene rings is 2. The Morgan fingerprint density at radius 2 is 1.69 bits per heavy atom. The standard InChI is InChI=1S/C26H26Cl3N3O3/c1-15-22(25(33)30-23(26(34)35-2)16-6-4-3-5-7-16)31-32(21-13-12-19(28)14-20(21)29)24(15)17-8-10-18(27)11-9-17/h8-14,16,23H,3-7H2,1-2H3,(H,30,33). The van der Waals surface area contributed by atoms with Gasteiger partial charge in [0.25, 0.3) is 5.91 Å². The Hall–Kier alpha value is -2.54. The number of hydrogen-bond acceptors (Lipinski definition) is 4. The van der Waals surface area contributed by atoms with Crippen molar-refractivity contribution >= 4 is 46.7 Å². The topological polar surface area (TPSA) is 73.2 Å². The van der Waals surface area contributed by atoms with Gasteiger partial charge < -0.3 is 10.1 Å². The third-order valence-electron chi connectivity index (χ3n) is 6.46. The number of ether oxygens (including phenoxy) is 1. The first-order valence-corrected chi connectivity index (χ1v) is 12.6. The van der Waals surface area contributed by atoms with Gasteiger partial charge >= 0.3 is 5.97 Å². The van der Waals surface area contributed by atoms with Crippen LogP contribution in [0.3, 0.4) is 0 Å². The summed E-state index contributed by atoms with van der Waals surface area (Å²) in [7, 11) is 1.34. The Morgan fingerprint density at radius 1 is 1.03 bits per heavy atom. The maximum Gasteiger partial charge on any atom is 0.328 e. The highest BCUT2D eigenvalue weighted by Gasteiger charge is 2.33. The maximum atomic E-state index is 13.5. The average Bonchev–Trinajstić information content (AvgIpc) is 3.19. The molecule has 1 aromatic heterocycles. The molecule has 6 nitrogen and oxygen atoms in total. The monoisotopic (exact) mass is 533 g/mol. The van der Waals surface area contributed by atoms with Gasteiger partial charge in [-0.1, -0.05) is 66.2 Å². The molecular formula is C26H26Cl3N3O3. The van der Waals surface area contributed by atoms with Crippen molar-refractivity contribution < 1.29 is 14.3 Å². The van der Waals surface area contributed by atoms with Gasteiger partial charge in [-0.2, -0.15) is 5.10 Å². The van der Waals surface area contributed by atoms with E-state index in [1.165, 1.54) is 7.11 Å². The molecule has 35 heavy (non-hydrogen) atoms. The van der Waals surface area contributed by atoms with Crippen molar-refractivity contribution in [2.45, 2.75) is 45.1 Å². The Morgan fingerprint density at radius 3 is 2.31 bits per heavy atom. The molecule has 1 unspecified atom stereocenters. The van der Waals surface area contributed by atoms with E-state index in [9.17, 15) is 9.59 Å². The van der Waals surface area contributed by atoms with Gasteiger partial charge in [0.15, 0.2) is 5.69 Å². The van der Waals surface area contributed by atoms with Crippen LogP contribution in [0.2, 0.25) is 15.1 Å². The summed E-state index contributed by atoms with van der Waals surface area (Å²) in [5.74, 6) is -0.854. The minimum atomic E-state index is -0.726. The van der Waals surface area contributed by atoms with Crippen LogP contribution in [0.1, 0.15) is 48.2 Å². The number of amides is 1. The molecule has 1 atom stereocenters. The van der Waals surface area contributed by atoms with Crippen LogP contribution in [0.15, 0.2) is 42.5 Å². The van der Waals surface area contributed by atoms with Gasteiger partial charge in [0.2, 0.25) is 0 Å². The van der Waals surface area contributed by atoms with E-state index < -0.39 is 17.9 Å². The summed E-state index contributed by atoms with van der Waals surface area (Å²) in [4.78, 5) is 26.1. The molecule has 3 aromatic rings.